The Morgan fingerprint density at radius 3 is 2.26 bits per heavy atom. The molecule has 2 fully saturated rings. The fourth-order valence-corrected chi connectivity index (χ4v) is 4.42. The van der Waals surface area contributed by atoms with E-state index in [0.717, 1.165) is 24.8 Å². The van der Waals surface area contributed by atoms with Crippen LogP contribution in [0.25, 0.3) is 0 Å². The minimum absolute atomic E-state index is 0.0147. The van der Waals surface area contributed by atoms with E-state index in [0.29, 0.717) is 43.7 Å². The summed E-state index contributed by atoms with van der Waals surface area (Å²) in [5, 5.41) is 6.01. The molecule has 2 N–H and O–H groups in total. The monoisotopic (exact) mass is 463 g/mol. The van der Waals surface area contributed by atoms with Gasteiger partial charge in [-0.2, -0.15) is 0 Å². The first-order chi connectivity index (χ1) is 16.5. The number of piperidine rings is 1. The molecule has 1 aliphatic heterocycles. The molecule has 3 amide bonds. The molecule has 4 rings (SSSR count). The molecule has 0 spiro atoms. The molecule has 2 aliphatic rings. The summed E-state index contributed by atoms with van der Waals surface area (Å²) in [6, 6.07) is 16.5. The van der Waals surface area contributed by atoms with Gasteiger partial charge >= 0.3 is 0 Å². The number of aryl methyl sites for hydroxylation is 1. The predicted molar refractivity (Wildman–Crippen MR) is 129 cm³/mol. The summed E-state index contributed by atoms with van der Waals surface area (Å²) in [6.07, 6.45) is 4.54. The lowest BCUT2D eigenvalue weighted by atomic mass is 9.88. The van der Waals surface area contributed by atoms with Gasteiger partial charge in [-0.05, 0) is 67.9 Å². The van der Waals surface area contributed by atoms with Crippen LogP contribution in [0.15, 0.2) is 54.6 Å². The van der Waals surface area contributed by atoms with Gasteiger partial charge in [-0.25, -0.2) is 0 Å². The number of amides is 3. The largest absolute Gasteiger partial charge is 0.497 e. The third-order valence-electron chi connectivity index (χ3n) is 6.68. The van der Waals surface area contributed by atoms with Gasteiger partial charge < -0.3 is 20.3 Å². The quantitative estimate of drug-likeness (QED) is 0.599. The number of nitrogens with one attached hydrogen (secondary N) is 2. The van der Waals surface area contributed by atoms with Gasteiger partial charge in [0.05, 0.1) is 7.11 Å². The average molecular weight is 464 g/mol. The smallest absolute Gasteiger partial charge is 0.251 e. The number of likely N-dealkylation sites (tertiary alicyclic amines) is 1. The van der Waals surface area contributed by atoms with Crippen LogP contribution in [0.4, 0.5) is 0 Å². The highest BCUT2D eigenvalue weighted by Crippen LogP contribution is 2.25. The van der Waals surface area contributed by atoms with Crippen LogP contribution in [0.2, 0.25) is 0 Å². The Labute approximate surface area is 200 Å². The van der Waals surface area contributed by atoms with Gasteiger partial charge in [0.2, 0.25) is 11.8 Å². The number of nitrogens with zero attached hydrogens (tertiary/aromatic N) is 1. The molecular formula is C27H33N3O4. The maximum absolute atomic E-state index is 13.0. The van der Waals surface area contributed by atoms with E-state index in [1.165, 1.54) is 0 Å². The fraction of sp³-hybridized carbons (Fsp3) is 0.444. The zero-order valence-electron chi connectivity index (χ0n) is 19.7. The van der Waals surface area contributed by atoms with Crippen molar-refractivity contribution in [3.8, 4) is 5.75 Å². The molecule has 0 unspecified atom stereocenters. The maximum Gasteiger partial charge on any atom is 0.251 e. The molecule has 7 nitrogen and oxygen atoms in total. The molecule has 0 radical (unpaired) electrons. The molecule has 7 heteroatoms. The van der Waals surface area contributed by atoms with Crippen LogP contribution in [0, 0.1) is 5.92 Å². The van der Waals surface area contributed by atoms with Crippen molar-refractivity contribution in [3.05, 3.63) is 65.7 Å². The summed E-state index contributed by atoms with van der Waals surface area (Å²) >= 11 is 0. The van der Waals surface area contributed by atoms with E-state index in [1.54, 1.807) is 31.4 Å². The Balaban J connectivity index is 1.34. The van der Waals surface area contributed by atoms with Crippen molar-refractivity contribution in [2.24, 2.45) is 5.92 Å². The number of rotatable bonds is 9. The summed E-state index contributed by atoms with van der Waals surface area (Å²) in [4.78, 5) is 40.5. The minimum atomic E-state index is -0.614. The predicted octanol–water partition coefficient (Wildman–Crippen LogP) is 2.94. The third-order valence-corrected chi connectivity index (χ3v) is 6.68. The van der Waals surface area contributed by atoms with Gasteiger partial charge in [-0.1, -0.05) is 30.3 Å². The van der Waals surface area contributed by atoms with Gasteiger partial charge in [0.25, 0.3) is 5.91 Å². The van der Waals surface area contributed by atoms with Gasteiger partial charge in [0.15, 0.2) is 0 Å². The van der Waals surface area contributed by atoms with Crippen molar-refractivity contribution in [1.82, 2.24) is 15.5 Å². The standard InChI is InChI=1S/C27H33N3O4/c1-34-23-12-8-21(9-13-23)26(32)29-25(27(33)28-22-10-11-22)20-15-17-30(18-16-20)24(31)14-7-19-5-3-2-4-6-19/h2-6,8-9,12-13,20,22,25H,7,10-11,14-18H2,1H3,(H,28,33)(H,29,32)/t25-/m0/s1. The van der Waals surface area contributed by atoms with Crippen LogP contribution in [0.1, 0.15) is 48.0 Å². The Kier molecular flexibility index (Phi) is 7.83. The van der Waals surface area contributed by atoms with Gasteiger partial charge in [-0.3, -0.25) is 14.4 Å². The lowest BCUT2D eigenvalue weighted by Crippen LogP contribution is -2.54. The second-order valence-electron chi connectivity index (χ2n) is 9.17. The Hall–Kier alpha value is -3.35. The molecule has 0 aromatic heterocycles. The molecule has 1 aliphatic carbocycles. The van der Waals surface area contributed by atoms with Crippen LogP contribution in [-0.2, 0) is 16.0 Å². The number of methoxy groups -OCH3 is 1. The zero-order valence-corrected chi connectivity index (χ0v) is 19.7. The van der Waals surface area contributed by atoms with Crippen LogP contribution in [0.3, 0.4) is 0 Å². The van der Waals surface area contributed by atoms with Crippen molar-refractivity contribution in [3.63, 3.8) is 0 Å². The summed E-state index contributed by atoms with van der Waals surface area (Å²) in [6.45, 7) is 1.20. The number of hydrogen-bond acceptors (Lipinski definition) is 4. The highest BCUT2D eigenvalue weighted by Gasteiger charge is 2.36. The third kappa shape index (κ3) is 6.37. The molecular weight excluding hydrogens is 430 g/mol. The Morgan fingerprint density at radius 2 is 1.65 bits per heavy atom. The molecule has 1 atom stereocenters. The first-order valence-corrected chi connectivity index (χ1v) is 12.1. The maximum atomic E-state index is 13.0. The zero-order chi connectivity index (χ0) is 23.9. The second-order valence-corrected chi connectivity index (χ2v) is 9.17. The van der Waals surface area contributed by atoms with Gasteiger partial charge in [0, 0.05) is 31.1 Å². The van der Waals surface area contributed by atoms with Gasteiger partial charge in [-0.15, -0.1) is 0 Å². The number of benzene rings is 2. The minimum Gasteiger partial charge on any atom is -0.497 e. The molecule has 2 aromatic rings. The number of ether oxygens (including phenoxy) is 1. The molecule has 1 heterocycles. The molecule has 34 heavy (non-hydrogen) atoms. The van der Waals surface area contributed by atoms with Crippen LogP contribution in [-0.4, -0.2) is 54.9 Å². The highest BCUT2D eigenvalue weighted by atomic mass is 16.5. The molecule has 1 saturated heterocycles. The SMILES string of the molecule is COc1ccc(C(=O)N[C@H](C(=O)NC2CC2)C2CCN(C(=O)CCc3ccccc3)CC2)cc1. The van der Waals surface area contributed by atoms with Crippen LogP contribution >= 0.6 is 0 Å². The van der Waals surface area contributed by atoms with Crippen molar-refractivity contribution in [2.45, 2.75) is 50.6 Å². The molecule has 0 bridgehead atoms. The van der Waals surface area contributed by atoms with E-state index in [4.69, 9.17) is 4.74 Å². The molecule has 180 valence electrons. The topological polar surface area (TPSA) is 87.7 Å². The molecule has 1 saturated carbocycles. The van der Waals surface area contributed by atoms with Crippen LogP contribution < -0.4 is 15.4 Å². The van der Waals surface area contributed by atoms with E-state index < -0.39 is 6.04 Å². The van der Waals surface area contributed by atoms with Crippen LogP contribution in [0.5, 0.6) is 5.75 Å². The summed E-state index contributed by atoms with van der Waals surface area (Å²) in [5.74, 6) is 0.393. The van der Waals surface area contributed by atoms with E-state index >= 15 is 0 Å². The lowest BCUT2D eigenvalue weighted by molar-refractivity contribution is -0.133. The van der Waals surface area contributed by atoms with Crippen molar-refractivity contribution in [2.75, 3.05) is 20.2 Å². The fourth-order valence-electron chi connectivity index (χ4n) is 4.42. The van der Waals surface area contributed by atoms with E-state index in [2.05, 4.69) is 10.6 Å². The Bertz CT molecular complexity index is 981. The normalized spacial score (nSPS) is 17.0. The lowest BCUT2D eigenvalue weighted by Gasteiger charge is -2.36. The number of hydrogen-bond donors (Lipinski definition) is 2. The first kappa shape index (κ1) is 23.8. The van der Waals surface area contributed by atoms with Gasteiger partial charge in [0.1, 0.15) is 11.8 Å². The number of carbonyl (C=O) groups is 3. The summed E-state index contributed by atoms with van der Waals surface area (Å²) < 4.78 is 5.16. The highest BCUT2D eigenvalue weighted by molar-refractivity contribution is 5.97. The average Bonchev–Trinajstić information content (AvgIpc) is 3.70. The van der Waals surface area contributed by atoms with Crippen molar-refractivity contribution >= 4 is 17.7 Å². The van der Waals surface area contributed by atoms with E-state index in [-0.39, 0.29) is 29.7 Å². The molecule has 2 aromatic carbocycles. The first-order valence-electron chi connectivity index (χ1n) is 12.1. The summed E-state index contributed by atoms with van der Waals surface area (Å²) in [7, 11) is 1.58. The van der Waals surface area contributed by atoms with E-state index in [9.17, 15) is 14.4 Å². The van der Waals surface area contributed by atoms with Crippen molar-refractivity contribution < 1.29 is 19.1 Å². The number of carbonyl (C=O) groups excluding carboxylic acids is 3. The second kappa shape index (κ2) is 11.2. The van der Waals surface area contributed by atoms with Crippen molar-refractivity contribution in [1.29, 1.82) is 0 Å². The Morgan fingerprint density at radius 1 is 0.971 bits per heavy atom. The van der Waals surface area contributed by atoms with E-state index in [1.807, 2.05) is 35.2 Å². The summed E-state index contributed by atoms with van der Waals surface area (Å²) in [5.41, 5.74) is 1.64.